The average molecular weight is 356 g/mol. The van der Waals surface area contributed by atoms with E-state index in [1.54, 1.807) is 6.20 Å². The number of rotatable bonds is 5. The van der Waals surface area contributed by atoms with Crippen LogP contribution in [0, 0.1) is 3.57 Å². The van der Waals surface area contributed by atoms with Gasteiger partial charge in [0, 0.05) is 28.9 Å². The number of aliphatic hydroxyl groups excluding tert-OH is 1. The van der Waals surface area contributed by atoms with Gasteiger partial charge < -0.3 is 9.67 Å². The highest BCUT2D eigenvalue weighted by Crippen LogP contribution is 2.19. The predicted octanol–water partition coefficient (Wildman–Crippen LogP) is 3.17. The maximum Gasteiger partial charge on any atom is 0.111 e. The van der Waals surface area contributed by atoms with E-state index in [0.717, 1.165) is 27.9 Å². The first kappa shape index (κ1) is 13.5. The van der Waals surface area contributed by atoms with E-state index >= 15 is 0 Å². The summed E-state index contributed by atoms with van der Waals surface area (Å²) in [6, 6.07) is 7.96. The lowest BCUT2D eigenvalue weighted by Crippen LogP contribution is -2.09. The molecule has 18 heavy (non-hydrogen) atoms. The van der Waals surface area contributed by atoms with Crippen molar-refractivity contribution in [1.29, 1.82) is 0 Å². The Hall–Kier alpha value is -0.880. The van der Waals surface area contributed by atoms with Gasteiger partial charge in [-0.15, -0.1) is 0 Å². The summed E-state index contributed by atoms with van der Waals surface area (Å²) in [6.45, 7) is 3.09. The maximum absolute atomic E-state index is 10.3. The molecular formula is C14H17IN2O. The molecule has 1 N–H and O–H groups in total. The Morgan fingerprint density at radius 3 is 3.00 bits per heavy atom. The lowest BCUT2D eigenvalue weighted by atomic mass is 10.1. The van der Waals surface area contributed by atoms with Crippen molar-refractivity contribution < 1.29 is 5.11 Å². The van der Waals surface area contributed by atoms with Crippen LogP contribution in [0.5, 0.6) is 0 Å². The second-order valence-corrected chi connectivity index (χ2v) is 5.56. The fraction of sp³-hybridized carbons (Fsp3) is 0.357. The zero-order valence-electron chi connectivity index (χ0n) is 10.4. The predicted molar refractivity (Wildman–Crippen MR) is 80.3 cm³/mol. The average Bonchev–Trinajstić information content (AvgIpc) is 2.77. The van der Waals surface area contributed by atoms with Crippen molar-refractivity contribution in [3.8, 4) is 0 Å². The molecule has 0 aliphatic heterocycles. The van der Waals surface area contributed by atoms with E-state index in [9.17, 15) is 5.11 Å². The molecule has 0 aliphatic carbocycles. The number of benzene rings is 1. The molecule has 96 valence electrons. The SMILES string of the molecule is CCCn1ccnc1CC(O)c1cccc(I)c1. The van der Waals surface area contributed by atoms with Crippen molar-refractivity contribution in [1.82, 2.24) is 9.55 Å². The van der Waals surface area contributed by atoms with Crippen LogP contribution in [0.2, 0.25) is 0 Å². The third-order valence-electron chi connectivity index (χ3n) is 2.88. The molecule has 4 heteroatoms. The van der Waals surface area contributed by atoms with Crippen molar-refractivity contribution in [3.63, 3.8) is 0 Å². The molecule has 0 fully saturated rings. The van der Waals surface area contributed by atoms with Crippen LogP contribution in [0.25, 0.3) is 0 Å². The number of halogens is 1. The first-order valence-corrected chi connectivity index (χ1v) is 7.22. The molecule has 2 rings (SSSR count). The van der Waals surface area contributed by atoms with E-state index in [1.165, 1.54) is 0 Å². The number of hydrogen-bond acceptors (Lipinski definition) is 2. The Morgan fingerprint density at radius 2 is 2.28 bits per heavy atom. The van der Waals surface area contributed by atoms with E-state index in [0.29, 0.717) is 6.42 Å². The number of hydrogen-bond donors (Lipinski definition) is 1. The van der Waals surface area contributed by atoms with E-state index in [-0.39, 0.29) is 0 Å². The Balaban J connectivity index is 2.11. The highest BCUT2D eigenvalue weighted by Gasteiger charge is 2.12. The van der Waals surface area contributed by atoms with E-state index in [1.807, 2.05) is 30.5 Å². The van der Waals surface area contributed by atoms with Crippen LogP contribution < -0.4 is 0 Å². The Bertz CT molecular complexity index is 510. The fourth-order valence-electron chi connectivity index (χ4n) is 1.98. The van der Waals surface area contributed by atoms with Gasteiger partial charge in [-0.05, 0) is 46.7 Å². The van der Waals surface area contributed by atoms with Gasteiger partial charge in [-0.3, -0.25) is 0 Å². The lowest BCUT2D eigenvalue weighted by Gasteiger charge is -2.12. The van der Waals surface area contributed by atoms with Crippen molar-refractivity contribution in [2.75, 3.05) is 0 Å². The molecule has 1 aromatic heterocycles. The summed E-state index contributed by atoms with van der Waals surface area (Å²) in [5.41, 5.74) is 0.952. The van der Waals surface area contributed by atoms with Gasteiger partial charge in [0.1, 0.15) is 5.82 Å². The van der Waals surface area contributed by atoms with E-state index < -0.39 is 6.10 Å². The van der Waals surface area contributed by atoms with Crippen LogP contribution in [-0.2, 0) is 13.0 Å². The summed E-state index contributed by atoms with van der Waals surface area (Å²) in [4.78, 5) is 4.32. The van der Waals surface area contributed by atoms with Crippen LogP contribution in [0.1, 0.15) is 30.8 Å². The van der Waals surface area contributed by atoms with E-state index in [4.69, 9.17) is 0 Å². The second-order valence-electron chi connectivity index (χ2n) is 4.31. The minimum Gasteiger partial charge on any atom is -0.388 e. The van der Waals surface area contributed by atoms with Crippen LogP contribution in [0.4, 0.5) is 0 Å². The number of nitrogens with zero attached hydrogens (tertiary/aromatic N) is 2. The van der Waals surface area contributed by atoms with Crippen LogP contribution in [0.3, 0.4) is 0 Å². The molecule has 1 atom stereocenters. The molecule has 1 unspecified atom stereocenters. The summed E-state index contributed by atoms with van der Waals surface area (Å²) in [5.74, 6) is 0.947. The smallest absolute Gasteiger partial charge is 0.111 e. The molecule has 2 aromatic rings. The first-order chi connectivity index (χ1) is 8.70. The van der Waals surface area contributed by atoms with Crippen LogP contribution in [-0.4, -0.2) is 14.7 Å². The van der Waals surface area contributed by atoms with Gasteiger partial charge in [-0.2, -0.15) is 0 Å². The number of aliphatic hydroxyl groups is 1. The Kier molecular flexibility index (Phi) is 4.77. The molecule has 0 spiro atoms. The zero-order valence-corrected chi connectivity index (χ0v) is 12.5. The number of imidazole rings is 1. The largest absolute Gasteiger partial charge is 0.388 e. The van der Waals surface area contributed by atoms with Gasteiger partial charge in [-0.1, -0.05) is 19.1 Å². The Morgan fingerprint density at radius 1 is 1.44 bits per heavy atom. The fourth-order valence-corrected chi connectivity index (χ4v) is 2.55. The normalized spacial score (nSPS) is 12.6. The van der Waals surface area contributed by atoms with Crippen molar-refractivity contribution >= 4 is 22.6 Å². The van der Waals surface area contributed by atoms with Gasteiger partial charge in [0.25, 0.3) is 0 Å². The molecule has 3 nitrogen and oxygen atoms in total. The summed E-state index contributed by atoms with van der Waals surface area (Å²) >= 11 is 2.26. The van der Waals surface area contributed by atoms with Gasteiger partial charge in [-0.25, -0.2) is 4.98 Å². The van der Waals surface area contributed by atoms with Gasteiger partial charge in [0.2, 0.25) is 0 Å². The lowest BCUT2D eigenvalue weighted by molar-refractivity contribution is 0.174. The Labute approximate surface area is 121 Å². The third kappa shape index (κ3) is 3.32. The third-order valence-corrected chi connectivity index (χ3v) is 3.55. The molecule has 0 saturated heterocycles. The molecular weight excluding hydrogens is 339 g/mol. The topological polar surface area (TPSA) is 38.0 Å². The molecule has 0 bridgehead atoms. The molecule has 0 saturated carbocycles. The molecule has 1 aromatic carbocycles. The summed E-state index contributed by atoms with van der Waals surface area (Å²) in [6.07, 6.45) is 4.92. The molecule has 0 aliphatic rings. The minimum atomic E-state index is -0.488. The van der Waals surface area contributed by atoms with Crippen LogP contribution in [0.15, 0.2) is 36.7 Å². The first-order valence-electron chi connectivity index (χ1n) is 6.14. The van der Waals surface area contributed by atoms with Gasteiger partial charge >= 0.3 is 0 Å². The van der Waals surface area contributed by atoms with Crippen LogP contribution >= 0.6 is 22.6 Å². The van der Waals surface area contributed by atoms with Crippen molar-refractivity contribution in [3.05, 3.63) is 51.6 Å². The molecule has 1 heterocycles. The summed E-state index contributed by atoms with van der Waals surface area (Å²) < 4.78 is 3.25. The zero-order chi connectivity index (χ0) is 13.0. The highest BCUT2D eigenvalue weighted by atomic mass is 127. The number of aryl methyl sites for hydroxylation is 1. The monoisotopic (exact) mass is 356 g/mol. The van der Waals surface area contributed by atoms with Gasteiger partial charge in [0.15, 0.2) is 0 Å². The van der Waals surface area contributed by atoms with Crippen molar-refractivity contribution in [2.24, 2.45) is 0 Å². The molecule has 0 radical (unpaired) electrons. The van der Waals surface area contributed by atoms with E-state index in [2.05, 4.69) is 39.1 Å². The molecule has 0 amide bonds. The van der Waals surface area contributed by atoms with Gasteiger partial charge in [0.05, 0.1) is 6.10 Å². The minimum absolute atomic E-state index is 0.488. The highest BCUT2D eigenvalue weighted by molar-refractivity contribution is 14.1. The quantitative estimate of drug-likeness (QED) is 0.836. The number of aromatic nitrogens is 2. The standard InChI is InChI=1S/C14H17IN2O/c1-2-7-17-8-6-16-14(17)10-13(18)11-4-3-5-12(15)9-11/h3-6,8-9,13,18H,2,7,10H2,1H3. The summed E-state index contributed by atoms with van der Waals surface area (Å²) in [5, 5.41) is 10.3. The second kappa shape index (κ2) is 6.33. The summed E-state index contributed by atoms with van der Waals surface area (Å²) in [7, 11) is 0. The maximum atomic E-state index is 10.3. The van der Waals surface area contributed by atoms with Crippen molar-refractivity contribution in [2.45, 2.75) is 32.4 Å².